The quantitative estimate of drug-likeness (QED) is 0.426. The summed E-state index contributed by atoms with van der Waals surface area (Å²) in [6, 6.07) is 0. The number of rotatable bonds is 1. The van der Waals surface area contributed by atoms with Crippen molar-refractivity contribution in [2.75, 3.05) is 0 Å². The van der Waals surface area contributed by atoms with Crippen LogP contribution in [0.4, 0.5) is 0 Å². The molecule has 0 heterocycles. The molecule has 0 amide bonds. The van der Waals surface area contributed by atoms with E-state index in [-0.39, 0.29) is 5.41 Å². The monoisotopic (exact) mass is 136 g/mol. The summed E-state index contributed by atoms with van der Waals surface area (Å²) in [5.74, 6) is 5.73. The van der Waals surface area contributed by atoms with E-state index in [2.05, 4.69) is 25.3 Å². The fourth-order valence-corrected chi connectivity index (χ4v) is 0.620. The molecule has 54 valence electrons. The average molecular weight is 136 g/mol. The Balaban J connectivity index is 2.45. The third-order valence-corrected chi connectivity index (χ3v) is 1.75. The summed E-state index contributed by atoms with van der Waals surface area (Å²) >= 11 is 0. The Morgan fingerprint density at radius 1 is 1.70 bits per heavy atom. The van der Waals surface area contributed by atoms with Gasteiger partial charge in [-0.15, -0.1) is 0 Å². The van der Waals surface area contributed by atoms with Crippen LogP contribution in [0.5, 0.6) is 0 Å². The standard InChI is InChI=1S/C9H12O/c1-3-8(10)4-5-9(2)6-7-9/h3,8,10H,1,6-7H2,2H3. The van der Waals surface area contributed by atoms with E-state index in [9.17, 15) is 0 Å². The van der Waals surface area contributed by atoms with Gasteiger partial charge in [-0.25, -0.2) is 0 Å². The highest BCUT2D eigenvalue weighted by atomic mass is 16.3. The molecule has 1 aliphatic rings. The minimum absolute atomic E-state index is 0.212. The van der Waals surface area contributed by atoms with E-state index in [1.165, 1.54) is 18.9 Å². The molecule has 0 spiro atoms. The first kappa shape index (κ1) is 7.37. The van der Waals surface area contributed by atoms with Crippen LogP contribution >= 0.6 is 0 Å². The van der Waals surface area contributed by atoms with Crippen molar-refractivity contribution < 1.29 is 5.11 Å². The lowest BCUT2D eigenvalue weighted by molar-refractivity contribution is 0.281. The van der Waals surface area contributed by atoms with Gasteiger partial charge in [-0.1, -0.05) is 24.5 Å². The van der Waals surface area contributed by atoms with E-state index >= 15 is 0 Å². The Labute approximate surface area is 61.8 Å². The molecule has 1 atom stereocenters. The molecule has 1 heteroatoms. The lowest BCUT2D eigenvalue weighted by Crippen LogP contribution is -1.97. The van der Waals surface area contributed by atoms with Crippen LogP contribution in [-0.2, 0) is 0 Å². The Morgan fingerprint density at radius 2 is 2.30 bits per heavy atom. The van der Waals surface area contributed by atoms with Crippen LogP contribution in [0.3, 0.4) is 0 Å². The van der Waals surface area contributed by atoms with E-state index in [0.29, 0.717) is 0 Å². The largest absolute Gasteiger partial charge is 0.377 e. The molecule has 0 aromatic carbocycles. The summed E-state index contributed by atoms with van der Waals surface area (Å²) < 4.78 is 0. The van der Waals surface area contributed by atoms with Crippen molar-refractivity contribution in [3.63, 3.8) is 0 Å². The van der Waals surface area contributed by atoms with Crippen LogP contribution in [0.1, 0.15) is 19.8 Å². The van der Waals surface area contributed by atoms with Crippen molar-refractivity contribution in [3.05, 3.63) is 12.7 Å². The van der Waals surface area contributed by atoms with Crippen molar-refractivity contribution in [2.24, 2.45) is 5.41 Å². The smallest absolute Gasteiger partial charge is 0.133 e. The maximum absolute atomic E-state index is 8.96. The van der Waals surface area contributed by atoms with Crippen LogP contribution in [0.2, 0.25) is 0 Å². The van der Waals surface area contributed by atoms with Gasteiger partial charge in [0.1, 0.15) is 6.10 Å². The van der Waals surface area contributed by atoms with E-state index in [1.807, 2.05) is 0 Å². The molecule has 1 nitrogen and oxygen atoms in total. The third kappa shape index (κ3) is 1.89. The Morgan fingerprint density at radius 3 is 2.70 bits per heavy atom. The zero-order chi connectivity index (χ0) is 7.61. The maximum Gasteiger partial charge on any atom is 0.133 e. The molecule has 0 saturated heterocycles. The molecule has 1 aliphatic carbocycles. The minimum Gasteiger partial charge on any atom is -0.377 e. The zero-order valence-corrected chi connectivity index (χ0v) is 6.22. The Bertz CT molecular complexity index is 191. The van der Waals surface area contributed by atoms with Crippen molar-refractivity contribution >= 4 is 0 Å². The molecular formula is C9H12O. The van der Waals surface area contributed by atoms with Gasteiger partial charge in [0.15, 0.2) is 0 Å². The predicted octanol–water partition coefficient (Wildman–Crippen LogP) is 1.34. The van der Waals surface area contributed by atoms with Gasteiger partial charge >= 0.3 is 0 Å². The van der Waals surface area contributed by atoms with Crippen LogP contribution in [0, 0.1) is 17.3 Å². The van der Waals surface area contributed by atoms with Gasteiger partial charge in [0, 0.05) is 5.41 Å². The van der Waals surface area contributed by atoms with Crippen molar-refractivity contribution in [1.82, 2.24) is 0 Å². The Hall–Kier alpha value is -0.740. The first-order valence-electron chi connectivity index (χ1n) is 3.50. The number of hydrogen-bond donors (Lipinski definition) is 1. The normalized spacial score (nSPS) is 22.2. The second kappa shape index (κ2) is 2.48. The average Bonchev–Trinajstić information content (AvgIpc) is 2.64. The highest BCUT2D eigenvalue weighted by Gasteiger charge is 2.35. The molecule has 0 radical (unpaired) electrons. The molecule has 0 aromatic heterocycles. The van der Waals surface area contributed by atoms with Crippen LogP contribution in [-0.4, -0.2) is 11.2 Å². The second-order valence-electron chi connectivity index (χ2n) is 3.01. The van der Waals surface area contributed by atoms with Gasteiger partial charge < -0.3 is 5.11 Å². The van der Waals surface area contributed by atoms with Gasteiger partial charge in [0.25, 0.3) is 0 Å². The molecule has 1 unspecified atom stereocenters. The van der Waals surface area contributed by atoms with Gasteiger partial charge in [-0.2, -0.15) is 0 Å². The van der Waals surface area contributed by atoms with E-state index < -0.39 is 6.10 Å². The number of hydrogen-bond acceptors (Lipinski definition) is 1. The minimum atomic E-state index is -0.641. The fourth-order valence-electron chi connectivity index (χ4n) is 0.620. The maximum atomic E-state index is 8.96. The van der Waals surface area contributed by atoms with E-state index in [4.69, 9.17) is 5.11 Å². The van der Waals surface area contributed by atoms with Gasteiger partial charge in [-0.05, 0) is 19.8 Å². The third-order valence-electron chi connectivity index (χ3n) is 1.75. The van der Waals surface area contributed by atoms with Gasteiger partial charge in [0.05, 0.1) is 0 Å². The van der Waals surface area contributed by atoms with Crippen LogP contribution in [0.15, 0.2) is 12.7 Å². The lowest BCUT2D eigenvalue weighted by Gasteiger charge is -1.94. The topological polar surface area (TPSA) is 20.2 Å². The summed E-state index contributed by atoms with van der Waals surface area (Å²) in [7, 11) is 0. The molecule has 1 saturated carbocycles. The molecule has 10 heavy (non-hydrogen) atoms. The molecule has 1 fully saturated rings. The van der Waals surface area contributed by atoms with Crippen molar-refractivity contribution in [1.29, 1.82) is 0 Å². The first-order valence-corrected chi connectivity index (χ1v) is 3.50. The van der Waals surface area contributed by atoms with E-state index in [1.54, 1.807) is 0 Å². The highest BCUT2D eigenvalue weighted by molar-refractivity contribution is 5.21. The molecule has 1 rings (SSSR count). The zero-order valence-electron chi connectivity index (χ0n) is 6.22. The van der Waals surface area contributed by atoms with E-state index in [0.717, 1.165) is 0 Å². The second-order valence-corrected chi connectivity index (χ2v) is 3.01. The predicted molar refractivity (Wildman–Crippen MR) is 41.3 cm³/mol. The van der Waals surface area contributed by atoms with Gasteiger partial charge in [0.2, 0.25) is 0 Å². The summed E-state index contributed by atoms with van der Waals surface area (Å²) in [4.78, 5) is 0. The first-order chi connectivity index (χ1) is 4.66. The summed E-state index contributed by atoms with van der Waals surface area (Å²) in [5.41, 5.74) is 0.212. The van der Waals surface area contributed by atoms with Crippen LogP contribution in [0.25, 0.3) is 0 Å². The van der Waals surface area contributed by atoms with Crippen LogP contribution < -0.4 is 0 Å². The highest BCUT2D eigenvalue weighted by Crippen LogP contribution is 2.43. The molecule has 0 aliphatic heterocycles. The summed E-state index contributed by atoms with van der Waals surface area (Å²) in [6.07, 6.45) is 3.14. The summed E-state index contributed by atoms with van der Waals surface area (Å²) in [6.45, 7) is 5.54. The molecule has 1 N–H and O–H groups in total. The Kier molecular flexibility index (Phi) is 1.82. The number of aliphatic hydroxyl groups excluding tert-OH is 1. The number of aliphatic hydroxyl groups is 1. The lowest BCUT2D eigenvalue weighted by atomic mass is 10.1. The molecule has 0 aromatic rings. The summed E-state index contributed by atoms with van der Waals surface area (Å²) in [5, 5.41) is 8.96. The van der Waals surface area contributed by atoms with Crippen molar-refractivity contribution in [2.45, 2.75) is 25.9 Å². The molecule has 0 bridgehead atoms. The van der Waals surface area contributed by atoms with Gasteiger partial charge in [-0.3, -0.25) is 0 Å². The molecular weight excluding hydrogens is 124 g/mol. The SMILES string of the molecule is C=CC(O)C#CC1(C)CC1. The fraction of sp³-hybridized carbons (Fsp3) is 0.556. The van der Waals surface area contributed by atoms with Crippen molar-refractivity contribution in [3.8, 4) is 11.8 Å².